The summed E-state index contributed by atoms with van der Waals surface area (Å²) >= 11 is 0. The Labute approximate surface area is 139 Å². The number of ether oxygens (including phenoxy) is 1. The van der Waals surface area contributed by atoms with E-state index in [9.17, 15) is 18.4 Å². The maximum absolute atomic E-state index is 13.9. The van der Waals surface area contributed by atoms with Crippen molar-refractivity contribution in [1.29, 1.82) is 0 Å². The maximum Gasteiger partial charge on any atom is 0.408 e. The molecule has 130 valence electrons. The van der Waals surface area contributed by atoms with Gasteiger partial charge in [-0.05, 0) is 38.8 Å². The highest BCUT2D eigenvalue weighted by molar-refractivity contribution is 5.88. The van der Waals surface area contributed by atoms with Gasteiger partial charge in [-0.3, -0.25) is 4.79 Å². The molecule has 2 rings (SSSR count). The molecule has 0 aliphatic carbocycles. The molecule has 1 aromatic carbocycles. The van der Waals surface area contributed by atoms with Crippen molar-refractivity contribution in [3.63, 3.8) is 0 Å². The second-order valence-corrected chi connectivity index (χ2v) is 6.48. The molecule has 0 saturated carbocycles. The molecule has 1 heterocycles. The summed E-state index contributed by atoms with van der Waals surface area (Å²) in [6, 6.07) is 3.03. The minimum Gasteiger partial charge on any atom is -0.444 e. The van der Waals surface area contributed by atoms with Gasteiger partial charge in [0, 0.05) is 12.1 Å². The summed E-state index contributed by atoms with van der Waals surface area (Å²) in [6.07, 6.45) is 1.05. The van der Waals surface area contributed by atoms with Crippen LogP contribution in [0.25, 0.3) is 5.57 Å². The van der Waals surface area contributed by atoms with Gasteiger partial charge in [0.25, 0.3) is 0 Å². The average molecular weight is 338 g/mol. The first-order valence-corrected chi connectivity index (χ1v) is 7.58. The van der Waals surface area contributed by atoms with Crippen molar-refractivity contribution in [3.05, 3.63) is 41.5 Å². The van der Waals surface area contributed by atoms with Crippen LogP contribution in [0, 0.1) is 11.6 Å². The Kier molecular flexibility index (Phi) is 5.21. The summed E-state index contributed by atoms with van der Waals surface area (Å²) in [4.78, 5) is 23.9. The van der Waals surface area contributed by atoms with E-state index in [1.165, 1.54) is 12.1 Å². The highest BCUT2D eigenvalue weighted by Crippen LogP contribution is 2.22. The third kappa shape index (κ3) is 4.53. The van der Waals surface area contributed by atoms with E-state index < -0.39 is 35.3 Å². The van der Waals surface area contributed by atoms with Crippen molar-refractivity contribution in [3.8, 4) is 0 Å². The number of nitrogens with one attached hydrogen (secondary N) is 2. The van der Waals surface area contributed by atoms with E-state index in [0.29, 0.717) is 5.57 Å². The van der Waals surface area contributed by atoms with E-state index in [1.807, 2.05) is 0 Å². The molecule has 1 aliphatic heterocycles. The molecule has 0 saturated heterocycles. The standard InChI is InChI=1S/C17H20F2N2O3/c1-17(2,3)24-16(23)21-13-8-7-10(9-20-15(13)22)11-5-4-6-12(18)14(11)19/h4-7,13H,8-9H2,1-3H3,(H,20,22)(H,21,23)/t13-/m1/s1. The van der Waals surface area contributed by atoms with Gasteiger partial charge >= 0.3 is 6.09 Å². The number of hydrogen-bond donors (Lipinski definition) is 2. The van der Waals surface area contributed by atoms with E-state index in [0.717, 1.165) is 6.07 Å². The van der Waals surface area contributed by atoms with Crippen molar-refractivity contribution < 1.29 is 23.1 Å². The minimum absolute atomic E-state index is 0.0473. The Morgan fingerprint density at radius 1 is 1.33 bits per heavy atom. The van der Waals surface area contributed by atoms with Crippen molar-refractivity contribution in [1.82, 2.24) is 10.6 Å². The van der Waals surface area contributed by atoms with Crippen LogP contribution in [0.3, 0.4) is 0 Å². The van der Waals surface area contributed by atoms with Crippen LogP contribution in [-0.4, -0.2) is 30.2 Å². The molecule has 1 aliphatic rings. The number of rotatable bonds is 2. The second-order valence-electron chi connectivity index (χ2n) is 6.48. The van der Waals surface area contributed by atoms with Gasteiger partial charge < -0.3 is 15.4 Å². The summed E-state index contributed by atoms with van der Waals surface area (Å²) in [5.74, 6) is -2.33. The smallest absolute Gasteiger partial charge is 0.408 e. The fraction of sp³-hybridized carbons (Fsp3) is 0.412. The Morgan fingerprint density at radius 2 is 2.04 bits per heavy atom. The molecule has 2 N–H and O–H groups in total. The fourth-order valence-corrected chi connectivity index (χ4v) is 2.28. The average Bonchev–Trinajstić information content (AvgIpc) is 2.63. The first-order chi connectivity index (χ1) is 11.2. The van der Waals surface area contributed by atoms with Gasteiger partial charge in [-0.2, -0.15) is 0 Å². The van der Waals surface area contributed by atoms with Crippen LogP contribution in [-0.2, 0) is 9.53 Å². The Balaban J connectivity index is 2.13. The van der Waals surface area contributed by atoms with Gasteiger partial charge in [0.1, 0.15) is 11.6 Å². The summed E-state index contributed by atoms with van der Waals surface area (Å²) in [6.45, 7) is 5.19. The van der Waals surface area contributed by atoms with Gasteiger partial charge in [-0.1, -0.05) is 18.2 Å². The van der Waals surface area contributed by atoms with Crippen molar-refractivity contribution in [2.45, 2.75) is 38.8 Å². The third-order valence-corrected chi connectivity index (χ3v) is 3.36. The third-order valence-electron chi connectivity index (χ3n) is 3.36. The van der Waals surface area contributed by atoms with Crippen LogP contribution in [0.15, 0.2) is 24.3 Å². The number of benzene rings is 1. The molecule has 24 heavy (non-hydrogen) atoms. The summed E-state index contributed by atoms with van der Waals surface area (Å²) in [5.41, 5.74) is -0.140. The van der Waals surface area contributed by atoms with Crippen molar-refractivity contribution in [2.24, 2.45) is 0 Å². The molecule has 7 heteroatoms. The molecule has 2 amide bonds. The molecule has 0 fully saturated rings. The van der Waals surface area contributed by atoms with Crippen LogP contribution >= 0.6 is 0 Å². The van der Waals surface area contributed by atoms with Gasteiger partial charge in [-0.25, -0.2) is 13.6 Å². The molecule has 0 spiro atoms. The number of amides is 2. The van der Waals surface area contributed by atoms with Crippen LogP contribution in [0.2, 0.25) is 0 Å². The predicted octanol–water partition coefficient (Wildman–Crippen LogP) is 2.76. The molecule has 1 aromatic rings. The number of alkyl carbamates (subject to hydrolysis) is 1. The molecular weight excluding hydrogens is 318 g/mol. The molecule has 5 nitrogen and oxygen atoms in total. The zero-order valence-corrected chi connectivity index (χ0v) is 13.8. The Morgan fingerprint density at radius 3 is 2.71 bits per heavy atom. The van der Waals surface area contributed by atoms with E-state index >= 15 is 0 Å². The van der Waals surface area contributed by atoms with Gasteiger partial charge in [0.2, 0.25) is 5.91 Å². The van der Waals surface area contributed by atoms with Crippen molar-refractivity contribution >= 4 is 17.6 Å². The van der Waals surface area contributed by atoms with Gasteiger partial charge in [0.05, 0.1) is 0 Å². The minimum atomic E-state index is -0.962. The number of carbonyl (C=O) groups excluding carboxylic acids is 2. The first kappa shape index (κ1) is 17.9. The Bertz CT molecular complexity index is 681. The van der Waals surface area contributed by atoms with Crippen LogP contribution in [0.4, 0.5) is 13.6 Å². The highest BCUT2D eigenvalue weighted by Gasteiger charge is 2.26. The predicted molar refractivity (Wildman–Crippen MR) is 85.1 cm³/mol. The fourth-order valence-electron chi connectivity index (χ4n) is 2.28. The summed E-state index contributed by atoms with van der Waals surface area (Å²) in [5, 5.41) is 5.07. The van der Waals surface area contributed by atoms with Crippen LogP contribution in [0.5, 0.6) is 0 Å². The largest absolute Gasteiger partial charge is 0.444 e. The zero-order valence-electron chi connectivity index (χ0n) is 13.8. The lowest BCUT2D eigenvalue weighted by molar-refractivity contribution is -0.122. The Hall–Kier alpha value is -2.44. The van der Waals surface area contributed by atoms with Gasteiger partial charge in [0.15, 0.2) is 11.6 Å². The normalized spacial score (nSPS) is 18.3. The summed E-state index contributed by atoms with van der Waals surface area (Å²) in [7, 11) is 0. The van der Waals surface area contributed by atoms with Crippen LogP contribution in [0.1, 0.15) is 32.8 Å². The first-order valence-electron chi connectivity index (χ1n) is 7.58. The van der Waals surface area contributed by atoms with Gasteiger partial charge in [-0.15, -0.1) is 0 Å². The SMILES string of the molecule is CC(C)(C)OC(=O)N[C@@H]1CC=C(c2cccc(F)c2F)CNC1=O. The molecule has 1 atom stereocenters. The van der Waals surface area contributed by atoms with E-state index in [1.54, 1.807) is 26.8 Å². The van der Waals surface area contributed by atoms with Crippen LogP contribution < -0.4 is 10.6 Å². The van der Waals surface area contributed by atoms with E-state index in [2.05, 4.69) is 10.6 Å². The molecule has 0 bridgehead atoms. The lowest BCUT2D eigenvalue weighted by Gasteiger charge is -2.22. The molecular formula is C17H20F2N2O3. The highest BCUT2D eigenvalue weighted by atomic mass is 19.2. The lowest BCUT2D eigenvalue weighted by Crippen LogP contribution is -2.47. The number of carbonyl (C=O) groups is 2. The summed E-state index contributed by atoms with van der Waals surface area (Å²) < 4.78 is 32.4. The molecule has 0 aromatic heterocycles. The van der Waals surface area contributed by atoms with E-state index in [-0.39, 0.29) is 18.5 Å². The van der Waals surface area contributed by atoms with E-state index in [4.69, 9.17) is 4.74 Å². The topological polar surface area (TPSA) is 67.4 Å². The maximum atomic E-state index is 13.9. The molecule has 0 unspecified atom stereocenters. The zero-order chi connectivity index (χ0) is 17.9. The lowest BCUT2D eigenvalue weighted by atomic mass is 10.0. The number of halogens is 2. The monoisotopic (exact) mass is 338 g/mol. The number of hydrogen-bond acceptors (Lipinski definition) is 3. The van der Waals surface area contributed by atoms with Crippen molar-refractivity contribution in [2.75, 3.05) is 6.54 Å². The molecule has 0 radical (unpaired) electrons. The second kappa shape index (κ2) is 6.98. The quantitative estimate of drug-likeness (QED) is 0.871.